The van der Waals surface area contributed by atoms with Crippen LogP contribution in [0.5, 0.6) is 5.75 Å². The summed E-state index contributed by atoms with van der Waals surface area (Å²) in [5.74, 6) is 0.798. The molecule has 1 aromatic rings. The number of rotatable bonds is 6. The minimum Gasteiger partial charge on any atom is -0.492 e. The monoisotopic (exact) mass is 286 g/mol. The second-order valence-corrected chi connectivity index (χ2v) is 6.70. The van der Waals surface area contributed by atoms with Gasteiger partial charge in [0.25, 0.3) is 10.2 Å². The van der Waals surface area contributed by atoms with Gasteiger partial charge >= 0.3 is 0 Å². The van der Waals surface area contributed by atoms with Crippen molar-refractivity contribution in [2.45, 2.75) is 20.8 Å². The van der Waals surface area contributed by atoms with E-state index in [2.05, 4.69) is 17.7 Å². The number of aryl methyl sites for hydroxylation is 3. The Kier molecular flexibility index (Phi) is 5.34. The van der Waals surface area contributed by atoms with Gasteiger partial charge in [0.05, 0.1) is 0 Å². The van der Waals surface area contributed by atoms with Gasteiger partial charge in [-0.2, -0.15) is 17.4 Å². The number of nitrogens with zero attached hydrogens (tertiary/aromatic N) is 1. The van der Waals surface area contributed by atoms with E-state index < -0.39 is 10.2 Å². The van der Waals surface area contributed by atoms with Crippen LogP contribution in [0.4, 0.5) is 0 Å². The van der Waals surface area contributed by atoms with Gasteiger partial charge in [0, 0.05) is 20.6 Å². The molecule has 0 saturated carbocycles. The van der Waals surface area contributed by atoms with Gasteiger partial charge in [0.1, 0.15) is 12.4 Å². The van der Waals surface area contributed by atoms with Crippen LogP contribution in [0.3, 0.4) is 0 Å². The Balaban J connectivity index is 2.53. The third-order valence-corrected chi connectivity index (χ3v) is 4.45. The lowest BCUT2D eigenvalue weighted by atomic mass is 10.1. The Labute approximate surface area is 115 Å². The fourth-order valence-corrected chi connectivity index (χ4v) is 2.15. The summed E-state index contributed by atoms with van der Waals surface area (Å²) in [6, 6.07) is 4.04. The maximum atomic E-state index is 11.5. The van der Waals surface area contributed by atoms with E-state index in [1.165, 1.54) is 19.7 Å². The van der Waals surface area contributed by atoms with Crippen LogP contribution in [-0.2, 0) is 10.2 Å². The first-order chi connectivity index (χ1) is 8.74. The molecule has 0 heterocycles. The molecule has 1 N–H and O–H groups in total. The standard InChI is InChI=1S/C13H22N2O3S/c1-10-8-12(3)13(9-11(10)2)18-7-6-14-19(16,17)15(4)5/h8-9,14H,6-7H2,1-5H3. The molecule has 0 spiro atoms. The first kappa shape index (κ1) is 15.9. The van der Waals surface area contributed by atoms with Crippen LogP contribution in [0.1, 0.15) is 16.7 Å². The average Bonchev–Trinajstić information content (AvgIpc) is 2.30. The van der Waals surface area contributed by atoms with Crippen molar-refractivity contribution in [3.05, 3.63) is 28.8 Å². The van der Waals surface area contributed by atoms with Crippen molar-refractivity contribution in [2.75, 3.05) is 27.2 Å². The molecule has 108 valence electrons. The fourth-order valence-electron chi connectivity index (χ4n) is 1.55. The molecule has 1 rings (SSSR count). The maximum absolute atomic E-state index is 11.5. The van der Waals surface area contributed by atoms with Crippen molar-refractivity contribution >= 4 is 10.2 Å². The predicted molar refractivity (Wildman–Crippen MR) is 76.8 cm³/mol. The Hall–Kier alpha value is -1.11. The first-order valence-corrected chi connectivity index (χ1v) is 7.56. The van der Waals surface area contributed by atoms with Gasteiger partial charge < -0.3 is 4.74 Å². The zero-order valence-electron chi connectivity index (χ0n) is 12.1. The Morgan fingerprint density at radius 1 is 1.11 bits per heavy atom. The van der Waals surface area contributed by atoms with Crippen LogP contribution in [0.15, 0.2) is 12.1 Å². The Morgan fingerprint density at radius 2 is 1.68 bits per heavy atom. The molecule has 0 radical (unpaired) electrons. The summed E-state index contributed by atoms with van der Waals surface area (Å²) in [7, 11) is -0.409. The summed E-state index contributed by atoms with van der Waals surface area (Å²) in [4.78, 5) is 0. The summed E-state index contributed by atoms with van der Waals surface area (Å²) in [6.45, 7) is 6.60. The van der Waals surface area contributed by atoms with E-state index in [1.54, 1.807) is 0 Å². The molecule has 0 aliphatic heterocycles. The van der Waals surface area contributed by atoms with Gasteiger partial charge in [-0.05, 0) is 43.5 Å². The molecular weight excluding hydrogens is 264 g/mol. The summed E-state index contributed by atoms with van der Waals surface area (Å²) in [5, 5.41) is 0. The van der Waals surface area contributed by atoms with Crippen molar-refractivity contribution in [1.29, 1.82) is 0 Å². The highest BCUT2D eigenvalue weighted by Crippen LogP contribution is 2.22. The third kappa shape index (κ3) is 4.49. The molecule has 19 heavy (non-hydrogen) atoms. The molecule has 0 aliphatic rings. The van der Waals surface area contributed by atoms with E-state index in [-0.39, 0.29) is 6.54 Å². The summed E-state index contributed by atoms with van der Waals surface area (Å²) in [6.07, 6.45) is 0. The molecule has 0 saturated heterocycles. The van der Waals surface area contributed by atoms with Gasteiger partial charge in [-0.3, -0.25) is 0 Å². The van der Waals surface area contributed by atoms with Crippen molar-refractivity contribution in [3.8, 4) is 5.75 Å². The van der Waals surface area contributed by atoms with Crippen LogP contribution in [0, 0.1) is 20.8 Å². The van der Waals surface area contributed by atoms with E-state index >= 15 is 0 Å². The third-order valence-electron chi connectivity index (χ3n) is 2.92. The van der Waals surface area contributed by atoms with E-state index in [9.17, 15) is 8.42 Å². The normalized spacial score (nSPS) is 11.9. The first-order valence-electron chi connectivity index (χ1n) is 6.12. The molecule has 0 unspecified atom stereocenters. The largest absolute Gasteiger partial charge is 0.492 e. The molecule has 1 aromatic carbocycles. The molecular formula is C13H22N2O3S. The number of hydrogen-bond acceptors (Lipinski definition) is 3. The van der Waals surface area contributed by atoms with E-state index in [0.717, 1.165) is 21.2 Å². The van der Waals surface area contributed by atoms with E-state index in [4.69, 9.17) is 4.74 Å². The minimum absolute atomic E-state index is 0.243. The summed E-state index contributed by atoms with van der Waals surface area (Å²) < 4.78 is 32.1. The zero-order chi connectivity index (χ0) is 14.6. The van der Waals surface area contributed by atoms with Crippen molar-refractivity contribution in [1.82, 2.24) is 9.03 Å². The van der Waals surface area contributed by atoms with Crippen LogP contribution in [0.2, 0.25) is 0 Å². The van der Waals surface area contributed by atoms with Crippen LogP contribution < -0.4 is 9.46 Å². The number of ether oxygens (including phenoxy) is 1. The lowest BCUT2D eigenvalue weighted by molar-refractivity contribution is 0.319. The van der Waals surface area contributed by atoms with Crippen molar-refractivity contribution in [2.24, 2.45) is 0 Å². The lowest BCUT2D eigenvalue weighted by Crippen LogP contribution is -2.37. The topological polar surface area (TPSA) is 58.6 Å². The molecule has 0 amide bonds. The zero-order valence-corrected chi connectivity index (χ0v) is 13.0. The van der Waals surface area contributed by atoms with Crippen molar-refractivity contribution in [3.63, 3.8) is 0 Å². The van der Waals surface area contributed by atoms with E-state index in [1.807, 2.05) is 19.9 Å². The van der Waals surface area contributed by atoms with E-state index in [0.29, 0.717) is 6.61 Å². The van der Waals surface area contributed by atoms with Crippen LogP contribution in [0.25, 0.3) is 0 Å². The van der Waals surface area contributed by atoms with Gasteiger partial charge in [-0.1, -0.05) is 6.07 Å². The minimum atomic E-state index is -3.37. The molecule has 0 bridgehead atoms. The average molecular weight is 286 g/mol. The second-order valence-electron chi connectivity index (χ2n) is 4.73. The highest BCUT2D eigenvalue weighted by molar-refractivity contribution is 7.87. The summed E-state index contributed by atoms with van der Waals surface area (Å²) >= 11 is 0. The van der Waals surface area contributed by atoms with Crippen LogP contribution in [-0.4, -0.2) is 40.0 Å². The Bertz CT molecular complexity index is 539. The molecule has 0 fully saturated rings. The fraction of sp³-hybridized carbons (Fsp3) is 0.538. The smallest absolute Gasteiger partial charge is 0.279 e. The van der Waals surface area contributed by atoms with Crippen molar-refractivity contribution < 1.29 is 13.2 Å². The quantitative estimate of drug-likeness (QED) is 0.804. The SMILES string of the molecule is Cc1cc(C)c(OCCNS(=O)(=O)N(C)C)cc1C. The lowest BCUT2D eigenvalue weighted by Gasteiger charge is -2.14. The highest BCUT2D eigenvalue weighted by Gasteiger charge is 2.11. The predicted octanol–water partition coefficient (Wildman–Crippen LogP) is 1.39. The maximum Gasteiger partial charge on any atom is 0.279 e. The summed E-state index contributed by atoms with van der Waals surface area (Å²) in [5.41, 5.74) is 3.44. The van der Waals surface area contributed by atoms with Crippen LogP contribution >= 0.6 is 0 Å². The highest BCUT2D eigenvalue weighted by atomic mass is 32.2. The number of hydrogen-bond donors (Lipinski definition) is 1. The van der Waals surface area contributed by atoms with Gasteiger partial charge in [0.2, 0.25) is 0 Å². The molecule has 5 nitrogen and oxygen atoms in total. The molecule has 0 aromatic heterocycles. The molecule has 6 heteroatoms. The second kappa shape index (κ2) is 6.36. The molecule has 0 atom stereocenters. The van der Waals surface area contributed by atoms with Gasteiger partial charge in [-0.25, -0.2) is 0 Å². The molecule has 0 aliphatic carbocycles. The number of nitrogens with one attached hydrogen (secondary N) is 1. The Morgan fingerprint density at radius 3 is 2.26 bits per heavy atom. The number of benzene rings is 1. The van der Waals surface area contributed by atoms with Gasteiger partial charge in [0.15, 0.2) is 0 Å². The van der Waals surface area contributed by atoms with Gasteiger partial charge in [-0.15, -0.1) is 0 Å².